The van der Waals surface area contributed by atoms with Gasteiger partial charge in [-0.15, -0.1) is 0 Å². The number of amides is 2. The molecule has 26 heavy (non-hydrogen) atoms. The number of hydrogen-bond acceptors (Lipinski definition) is 6. The van der Waals surface area contributed by atoms with Crippen LogP contribution >= 0.6 is 11.8 Å². The first kappa shape index (κ1) is 18.4. The number of ether oxygens (including phenoxy) is 1. The lowest BCUT2D eigenvalue weighted by molar-refractivity contribution is 0.0212. The highest BCUT2D eigenvalue weighted by atomic mass is 32.2. The molecule has 0 saturated carbocycles. The number of thioether (sulfide) groups is 1. The maximum atomic E-state index is 13.0. The van der Waals surface area contributed by atoms with Gasteiger partial charge in [0.25, 0.3) is 5.91 Å². The van der Waals surface area contributed by atoms with E-state index >= 15 is 0 Å². The number of carbonyl (C=O) groups is 2. The molecule has 1 atom stereocenters. The van der Waals surface area contributed by atoms with Crippen molar-refractivity contribution < 1.29 is 14.3 Å². The maximum Gasteiger partial charge on any atom is 0.418 e. The summed E-state index contributed by atoms with van der Waals surface area (Å²) >= 11 is 1.41. The van der Waals surface area contributed by atoms with Gasteiger partial charge < -0.3 is 4.74 Å². The van der Waals surface area contributed by atoms with E-state index < -0.39 is 17.7 Å². The third kappa shape index (κ3) is 3.31. The SMILES string of the molecule is CSc1ncc(C)c(C2c3ccccc3C(=O)N2C(=O)OC(C)(C)C)n1. The van der Waals surface area contributed by atoms with E-state index in [9.17, 15) is 9.59 Å². The quantitative estimate of drug-likeness (QED) is 0.587. The smallest absolute Gasteiger partial charge is 0.418 e. The number of nitrogens with zero attached hydrogens (tertiary/aromatic N) is 3. The molecule has 6 nitrogen and oxygen atoms in total. The van der Waals surface area contributed by atoms with E-state index in [1.807, 2.05) is 25.3 Å². The number of rotatable bonds is 2. The van der Waals surface area contributed by atoms with Gasteiger partial charge in [0, 0.05) is 11.8 Å². The number of imide groups is 1. The van der Waals surface area contributed by atoms with Crippen LogP contribution in [0.1, 0.15) is 54.0 Å². The molecule has 0 saturated heterocycles. The van der Waals surface area contributed by atoms with Gasteiger partial charge in [0.2, 0.25) is 0 Å². The van der Waals surface area contributed by atoms with Crippen LogP contribution in [-0.4, -0.2) is 38.7 Å². The van der Waals surface area contributed by atoms with E-state index in [4.69, 9.17) is 4.74 Å². The Morgan fingerprint density at radius 3 is 2.62 bits per heavy atom. The van der Waals surface area contributed by atoms with Crippen molar-refractivity contribution in [1.29, 1.82) is 0 Å². The molecule has 2 heterocycles. The molecule has 1 unspecified atom stereocenters. The molecule has 3 rings (SSSR count). The molecule has 7 heteroatoms. The van der Waals surface area contributed by atoms with Gasteiger partial charge in [-0.3, -0.25) is 4.79 Å². The van der Waals surface area contributed by atoms with Crippen LogP contribution in [0.25, 0.3) is 0 Å². The second-order valence-electron chi connectivity index (χ2n) is 7.07. The minimum absolute atomic E-state index is 0.372. The monoisotopic (exact) mass is 371 g/mol. The van der Waals surface area contributed by atoms with Gasteiger partial charge in [-0.25, -0.2) is 19.7 Å². The van der Waals surface area contributed by atoms with Crippen LogP contribution < -0.4 is 0 Å². The molecule has 0 bridgehead atoms. The van der Waals surface area contributed by atoms with Gasteiger partial charge in [-0.05, 0) is 51.1 Å². The lowest BCUT2D eigenvalue weighted by Crippen LogP contribution is -2.40. The van der Waals surface area contributed by atoms with E-state index in [-0.39, 0.29) is 5.91 Å². The number of aromatic nitrogens is 2. The number of benzene rings is 1. The van der Waals surface area contributed by atoms with Crippen LogP contribution in [0.15, 0.2) is 35.6 Å². The van der Waals surface area contributed by atoms with Crippen LogP contribution in [0.4, 0.5) is 4.79 Å². The standard InChI is InChI=1S/C19H21N3O3S/c1-11-10-20-17(26-5)21-14(11)15-12-8-6-7-9-13(12)16(23)22(15)18(24)25-19(2,3)4/h6-10,15H,1-5H3. The number of carbonyl (C=O) groups excluding carboxylic acids is 2. The molecule has 0 fully saturated rings. The number of aryl methyl sites for hydroxylation is 1. The van der Waals surface area contributed by atoms with E-state index in [1.165, 1.54) is 11.8 Å². The molecular formula is C19H21N3O3S. The molecule has 0 N–H and O–H groups in total. The number of fused-ring (bicyclic) bond motifs is 1. The lowest BCUT2D eigenvalue weighted by atomic mass is 10.00. The fraction of sp³-hybridized carbons (Fsp3) is 0.368. The normalized spacial score (nSPS) is 16.6. The van der Waals surface area contributed by atoms with Crippen molar-refractivity contribution in [1.82, 2.24) is 14.9 Å². The summed E-state index contributed by atoms with van der Waals surface area (Å²) in [6.07, 6.45) is 2.92. The van der Waals surface area contributed by atoms with Gasteiger partial charge in [0.1, 0.15) is 11.6 Å². The Morgan fingerprint density at radius 1 is 1.27 bits per heavy atom. The van der Waals surface area contributed by atoms with Crippen LogP contribution in [0.3, 0.4) is 0 Å². The van der Waals surface area contributed by atoms with Gasteiger partial charge >= 0.3 is 6.09 Å². The Labute approximate surface area is 157 Å². The zero-order valence-corrected chi connectivity index (χ0v) is 16.3. The summed E-state index contributed by atoms with van der Waals surface area (Å²) < 4.78 is 5.49. The predicted octanol–water partition coefficient (Wildman–Crippen LogP) is 3.99. The summed E-state index contributed by atoms with van der Waals surface area (Å²) in [5.74, 6) is -0.372. The molecule has 0 aliphatic carbocycles. The Kier molecular flexibility index (Phi) is 4.75. The van der Waals surface area contributed by atoms with Crippen molar-refractivity contribution in [2.45, 2.75) is 44.5 Å². The fourth-order valence-corrected chi connectivity index (χ4v) is 3.25. The highest BCUT2D eigenvalue weighted by molar-refractivity contribution is 7.98. The van der Waals surface area contributed by atoms with Crippen molar-refractivity contribution in [3.05, 3.63) is 52.8 Å². The molecule has 1 aromatic carbocycles. The molecule has 136 valence electrons. The summed E-state index contributed by atoms with van der Waals surface area (Å²) in [7, 11) is 0. The first-order valence-electron chi connectivity index (χ1n) is 8.26. The molecular weight excluding hydrogens is 350 g/mol. The summed E-state index contributed by atoms with van der Waals surface area (Å²) in [6.45, 7) is 7.19. The van der Waals surface area contributed by atoms with Crippen molar-refractivity contribution in [2.75, 3.05) is 6.26 Å². The Hall–Kier alpha value is -2.41. The highest BCUT2D eigenvalue weighted by Gasteiger charge is 2.44. The summed E-state index contributed by atoms with van der Waals surface area (Å²) in [5.41, 5.74) is 1.98. The Balaban J connectivity index is 2.15. The summed E-state index contributed by atoms with van der Waals surface area (Å²) in [4.78, 5) is 35.8. The summed E-state index contributed by atoms with van der Waals surface area (Å²) in [5, 5.41) is 0.589. The van der Waals surface area contributed by atoms with E-state index in [0.29, 0.717) is 16.4 Å². The first-order chi connectivity index (χ1) is 12.2. The van der Waals surface area contributed by atoms with E-state index in [0.717, 1.165) is 16.0 Å². The Bertz CT molecular complexity index is 877. The van der Waals surface area contributed by atoms with Crippen LogP contribution in [0.5, 0.6) is 0 Å². The minimum atomic E-state index is -0.707. The van der Waals surface area contributed by atoms with Crippen molar-refractivity contribution >= 4 is 23.8 Å². The maximum absolute atomic E-state index is 13.0. The van der Waals surface area contributed by atoms with Crippen molar-refractivity contribution in [2.24, 2.45) is 0 Å². The molecule has 0 radical (unpaired) electrons. The van der Waals surface area contributed by atoms with Crippen LogP contribution in [-0.2, 0) is 4.74 Å². The topological polar surface area (TPSA) is 72.4 Å². The van der Waals surface area contributed by atoms with Gasteiger partial charge in [-0.2, -0.15) is 0 Å². The van der Waals surface area contributed by atoms with Crippen LogP contribution in [0, 0.1) is 6.92 Å². The largest absolute Gasteiger partial charge is 0.443 e. The number of hydrogen-bond donors (Lipinski definition) is 0. The van der Waals surface area contributed by atoms with Gasteiger partial charge in [0.15, 0.2) is 5.16 Å². The molecule has 2 amide bonds. The third-order valence-electron chi connectivity index (χ3n) is 3.98. The zero-order valence-electron chi connectivity index (χ0n) is 15.4. The second-order valence-corrected chi connectivity index (χ2v) is 7.84. The van der Waals surface area contributed by atoms with E-state index in [1.54, 1.807) is 39.1 Å². The second kappa shape index (κ2) is 6.72. The predicted molar refractivity (Wildman–Crippen MR) is 99.2 cm³/mol. The molecule has 1 aliphatic rings. The lowest BCUT2D eigenvalue weighted by Gasteiger charge is -2.28. The first-order valence-corrected chi connectivity index (χ1v) is 9.48. The third-order valence-corrected chi connectivity index (χ3v) is 4.55. The molecule has 1 aromatic heterocycles. The molecule has 0 spiro atoms. The summed E-state index contributed by atoms with van der Waals surface area (Å²) in [6, 6.07) is 6.59. The molecule has 2 aromatic rings. The Morgan fingerprint density at radius 2 is 1.96 bits per heavy atom. The minimum Gasteiger partial charge on any atom is -0.443 e. The van der Waals surface area contributed by atoms with E-state index in [2.05, 4.69) is 9.97 Å². The zero-order chi connectivity index (χ0) is 19.1. The van der Waals surface area contributed by atoms with Gasteiger partial charge in [0.05, 0.1) is 5.69 Å². The fourth-order valence-electron chi connectivity index (χ4n) is 2.90. The van der Waals surface area contributed by atoms with Crippen LogP contribution in [0.2, 0.25) is 0 Å². The molecule has 1 aliphatic heterocycles. The van der Waals surface area contributed by atoms with Crippen molar-refractivity contribution in [3.8, 4) is 0 Å². The van der Waals surface area contributed by atoms with Crippen molar-refractivity contribution in [3.63, 3.8) is 0 Å². The average molecular weight is 371 g/mol. The van der Waals surface area contributed by atoms with Gasteiger partial charge in [-0.1, -0.05) is 30.0 Å². The average Bonchev–Trinajstić information content (AvgIpc) is 2.87. The highest BCUT2D eigenvalue weighted by Crippen LogP contribution is 2.39.